The molecule has 2 N–H and O–H groups in total. The van der Waals surface area contributed by atoms with Crippen molar-refractivity contribution >= 4 is 6.47 Å². The number of pyridine rings is 1. The Hall–Kier alpha value is -1.42. The van der Waals surface area contributed by atoms with E-state index in [1.807, 2.05) is 18.2 Å². The molecule has 0 aliphatic rings. The molecule has 0 radical (unpaired) electrons. The first-order valence-corrected chi connectivity index (χ1v) is 3.32. The molecule has 0 aromatic carbocycles. The van der Waals surface area contributed by atoms with Crippen LogP contribution in [0.4, 0.5) is 0 Å². The Labute approximate surface area is 71.5 Å². The van der Waals surface area contributed by atoms with Gasteiger partial charge in [0.25, 0.3) is 6.47 Å². The predicted octanol–water partition coefficient (Wildman–Crippen LogP) is 0.436. The lowest BCUT2D eigenvalue weighted by molar-refractivity contribution is -0.128. The van der Waals surface area contributed by atoms with Crippen molar-refractivity contribution in [3.63, 3.8) is 0 Å². The fourth-order valence-electron chi connectivity index (χ4n) is 0.381. The molecule has 0 aliphatic carbocycles. The first kappa shape index (κ1) is 13.2. The highest BCUT2D eigenvalue weighted by molar-refractivity contribution is 5.36. The van der Waals surface area contributed by atoms with E-state index in [1.54, 1.807) is 19.3 Å². The minimum atomic E-state index is 0. The molecule has 0 aliphatic heterocycles. The number of nitrogens with zero attached hydrogens (tertiary/aromatic N) is 1. The molecular formula is C8H13NO3. The summed E-state index contributed by atoms with van der Waals surface area (Å²) in [5.41, 5.74) is 0. The van der Waals surface area contributed by atoms with Crippen LogP contribution in [0.3, 0.4) is 0 Å². The van der Waals surface area contributed by atoms with Crippen molar-refractivity contribution < 1.29 is 15.0 Å². The highest BCUT2D eigenvalue weighted by atomic mass is 16.5. The van der Waals surface area contributed by atoms with Crippen molar-refractivity contribution in [3.8, 4) is 0 Å². The van der Waals surface area contributed by atoms with Crippen molar-refractivity contribution in [3.05, 3.63) is 30.6 Å². The number of ether oxygens (including phenoxy) is 1. The first-order valence-electron chi connectivity index (χ1n) is 3.32. The molecule has 0 saturated heterocycles. The van der Waals surface area contributed by atoms with Crippen LogP contribution in [0, 0.1) is 0 Å². The fraction of sp³-hybridized carbons (Fsp3) is 0.250. The number of hydrogen-bond acceptors (Lipinski definition) is 3. The van der Waals surface area contributed by atoms with Crippen LogP contribution in [0.5, 0.6) is 0 Å². The Morgan fingerprint density at radius 1 is 1.33 bits per heavy atom. The number of aromatic nitrogens is 1. The van der Waals surface area contributed by atoms with E-state index in [1.165, 1.54) is 0 Å². The first-order chi connectivity index (χ1) is 5.41. The summed E-state index contributed by atoms with van der Waals surface area (Å²) in [5.74, 6) is 0. The van der Waals surface area contributed by atoms with Crippen LogP contribution in [0.25, 0.3) is 0 Å². The zero-order valence-electron chi connectivity index (χ0n) is 6.93. The number of hydrogen-bond donors (Lipinski definition) is 0. The van der Waals surface area contributed by atoms with E-state index in [0.717, 1.165) is 0 Å². The van der Waals surface area contributed by atoms with Gasteiger partial charge in [-0.25, -0.2) is 0 Å². The van der Waals surface area contributed by atoms with E-state index >= 15 is 0 Å². The maximum absolute atomic E-state index is 9.18. The average Bonchev–Trinajstić information content (AvgIpc) is 2.10. The number of carbonyl (C=O) groups is 1. The van der Waals surface area contributed by atoms with Crippen LogP contribution in [0.2, 0.25) is 0 Å². The third-order valence-corrected chi connectivity index (χ3v) is 0.801. The van der Waals surface area contributed by atoms with E-state index in [2.05, 4.69) is 9.72 Å². The van der Waals surface area contributed by atoms with Gasteiger partial charge in [0, 0.05) is 12.4 Å². The molecule has 0 bridgehead atoms. The Morgan fingerprint density at radius 2 is 1.92 bits per heavy atom. The Kier molecular flexibility index (Phi) is 13.5. The number of rotatable bonds is 2. The lowest BCUT2D eigenvalue weighted by Crippen LogP contribution is -1.80. The predicted molar refractivity (Wildman–Crippen MR) is 45.5 cm³/mol. The molecule has 4 heteroatoms. The van der Waals surface area contributed by atoms with Crippen LogP contribution in [0.15, 0.2) is 30.6 Å². The molecule has 1 rings (SSSR count). The van der Waals surface area contributed by atoms with Gasteiger partial charge in [-0.2, -0.15) is 0 Å². The molecule has 0 saturated carbocycles. The molecule has 4 nitrogen and oxygen atoms in total. The lowest BCUT2D eigenvalue weighted by Gasteiger charge is -1.79. The third kappa shape index (κ3) is 11.4. The van der Waals surface area contributed by atoms with Crippen LogP contribution in [-0.4, -0.2) is 23.5 Å². The molecule has 0 unspecified atom stereocenters. The van der Waals surface area contributed by atoms with Crippen LogP contribution in [0.1, 0.15) is 6.92 Å². The Bertz CT molecular complexity index is 141. The van der Waals surface area contributed by atoms with E-state index < -0.39 is 0 Å². The van der Waals surface area contributed by atoms with Crippen molar-refractivity contribution in [2.75, 3.05) is 6.61 Å². The minimum absolute atomic E-state index is 0. The molecule has 0 spiro atoms. The van der Waals surface area contributed by atoms with Gasteiger partial charge in [0.15, 0.2) is 0 Å². The standard InChI is InChI=1S/C5H5N.C3H6O2.H2O/c1-2-4-6-5-3-1;1-2-5-3-4;/h1-5H;3H,2H2,1H3;1H2. The normalized spacial score (nSPS) is 6.75. The minimum Gasteiger partial charge on any atom is -0.468 e. The van der Waals surface area contributed by atoms with Gasteiger partial charge in [0.05, 0.1) is 6.61 Å². The third-order valence-electron chi connectivity index (χ3n) is 0.801. The van der Waals surface area contributed by atoms with Gasteiger partial charge in [0.1, 0.15) is 0 Å². The zero-order valence-corrected chi connectivity index (χ0v) is 6.93. The van der Waals surface area contributed by atoms with Crippen molar-refractivity contribution in [1.29, 1.82) is 0 Å². The SMILES string of the molecule is CCOC=O.O.c1ccncc1. The topological polar surface area (TPSA) is 70.7 Å². The summed E-state index contributed by atoms with van der Waals surface area (Å²) in [7, 11) is 0. The van der Waals surface area contributed by atoms with Gasteiger partial charge in [-0.05, 0) is 19.1 Å². The fourth-order valence-corrected chi connectivity index (χ4v) is 0.381. The van der Waals surface area contributed by atoms with Crippen molar-refractivity contribution in [1.82, 2.24) is 4.98 Å². The van der Waals surface area contributed by atoms with Crippen molar-refractivity contribution in [2.45, 2.75) is 6.92 Å². The molecule has 68 valence electrons. The van der Waals surface area contributed by atoms with Gasteiger partial charge in [-0.1, -0.05) is 6.07 Å². The van der Waals surface area contributed by atoms with Gasteiger partial charge >= 0.3 is 0 Å². The average molecular weight is 171 g/mol. The highest BCUT2D eigenvalue weighted by Crippen LogP contribution is 1.73. The Balaban J connectivity index is 0. The molecule has 1 aromatic rings. The summed E-state index contributed by atoms with van der Waals surface area (Å²) in [4.78, 5) is 13.0. The van der Waals surface area contributed by atoms with Crippen molar-refractivity contribution in [2.24, 2.45) is 0 Å². The molecule has 0 amide bonds. The molecule has 0 fully saturated rings. The summed E-state index contributed by atoms with van der Waals surface area (Å²) >= 11 is 0. The second kappa shape index (κ2) is 12.3. The summed E-state index contributed by atoms with van der Waals surface area (Å²) in [6, 6.07) is 5.72. The zero-order chi connectivity index (χ0) is 8.36. The molecule has 1 aromatic heterocycles. The lowest BCUT2D eigenvalue weighted by atomic mass is 10.5. The van der Waals surface area contributed by atoms with Crippen LogP contribution in [-0.2, 0) is 9.53 Å². The summed E-state index contributed by atoms with van der Waals surface area (Å²) in [6.45, 7) is 2.66. The summed E-state index contributed by atoms with van der Waals surface area (Å²) in [5, 5.41) is 0. The van der Waals surface area contributed by atoms with Gasteiger partial charge in [-0.3, -0.25) is 9.78 Å². The van der Waals surface area contributed by atoms with Crippen LogP contribution < -0.4 is 0 Å². The van der Waals surface area contributed by atoms with Crippen LogP contribution >= 0.6 is 0 Å². The molecule has 12 heavy (non-hydrogen) atoms. The van der Waals surface area contributed by atoms with E-state index in [4.69, 9.17) is 0 Å². The highest BCUT2D eigenvalue weighted by Gasteiger charge is 1.61. The largest absolute Gasteiger partial charge is 0.468 e. The number of carbonyl (C=O) groups excluding carboxylic acids is 1. The van der Waals surface area contributed by atoms with E-state index in [-0.39, 0.29) is 5.48 Å². The smallest absolute Gasteiger partial charge is 0.293 e. The van der Waals surface area contributed by atoms with Gasteiger partial charge in [0.2, 0.25) is 0 Å². The Morgan fingerprint density at radius 3 is 2.00 bits per heavy atom. The molecule has 1 heterocycles. The van der Waals surface area contributed by atoms with Gasteiger partial charge < -0.3 is 10.2 Å². The summed E-state index contributed by atoms with van der Waals surface area (Å²) < 4.78 is 4.15. The summed E-state index contributed by atoms with van der Waals surface area (Å²) in [6.07, 6.45) is 3.50. The molecule has 0 atom stereocenters. The monoisotopic (exact) mass is 171 g/mol. The second-order valence-electron chi connectivity index (χ2n) is 1.58. The maximum atomic E-state index is 9.18. The van der Waals surface area contributed by atoms with E-state index in [9.17, 15) is 4.79 Å². The van der Waals surface area contributed by atoms with Gasteiger partial charge in [-0.15, -0.1) is 0 Å². The second-order valence-corrected chi connectivity index (χ2v) is 1.58. The quantitative estimate of drug-likeness (QED) is 0.606. The van der Waals surface area contributed by atoms with E-state index in [0.29, 0.717) is 13.1 Å². The maximum Gasteiger partial charge on any atom is 0.293 e. The molecular weight excluding hydrogens is 158 g/mol.